The highest BCUT2D eigenvalue weighted by atomic mass is 19.2. The molecule has 0 spiro atoms. The van der Waals surface area contributed by atoms with Gasteiger partial charge in [-0.2, -0.15) is 0 Å². The molecule has 1 unspecified atom stereocenters. The molecule has 1 aromatic rings. The lowest BCUT2D eigenvalue weighted by Crippen LogP contribution is -2.20. The van der Waals surface area contributed by atoms with Gasteiger partial charge in [0.25, 0.3) is 0 Å². The zero-order valence-electron chi connectivity index (χ0n) is 12.3. The molecule has 0 bridgehead atoms. The van der Waals surface area contributed by atoms with Crippen LogP contribution in [0.5, 0.6) is 0 Å². The zero-order valence-corrected chi connectivity index (χ0v) is 12.3. The minimum absolute atomic E-state index is 0.219. The number of benzene rings is 1. The van der Waals surface area contributed by atoms with Gasteiger partial charge in [-0.25, -0.2) is 13.2 Å². The van der Waals surface area contributed by atoms with Crippen molar-refractivity contribution in [3.8, 4) is 0 Å². The van der Waals surface area contributed by atoms with Crippen LogP contribution in [0.2, 0.25) is 0 Å². The third-order valence-electron chi connectivity index (χ3n) is 4.08. The van der Waals surface area contributed by atoms with Crippen molar-refractivity contribution in [1.29, 1.82) is 0 Å². The fourth-order valence-electron chi connectivity index (χ4n) is 2.70. The van der Waals surface area contributed by atoms with E-state index >= 15 is 0 Å². The van der Waals surface area contributed by atoms with Gasteiger partial charge in [-0.3, -0.25) is 0 Å². The van der Waals surface area contributed by atoms with Crippen LogP contribution in [0.25, 0.3) is 11.3 Å². The smallest absolute Gasteiger partial charge is 0.190 e. The molecule has 1 heterocycles. The van der Waals surface area contributed by atoms with Crippen molar-refractivity contribution in [3.05, 3.63) is 58.3 Å². The maximum atomic E-state index is 13.3. The Hall–Kier alpha value is -1.97. The molecule has 2 aliphatic rings. The van der Waals surface area contributed by atoms with E-state index in [1.54, 1.807) is 12.1 Å². The summed E-state index contributed by atoms with van der Waals surface area (Å²) >= 11 is 0. The molecular weight excluding hydrogens is 289 g/mol. The highest BCUT2D eigenvalue weighted by Crippen LogP contribution is 2.31. The minimum Gasteiger partial charge on any atom is -0.497 e. The Balaban J connectivity index is 1.96. The highest BCUT2D eigenvalue weighted by molar-refractivity contribution is 5.64. The van der Waals surface area contributed by atoms with Gasteiger partial charge in [-0.1, -0.05) is 31.2 Å². The lowest BCUT2D eigenvalue weighted by molar-refractivity contribution is 0.175. The Morgan fingerprint density at radius 3 is 2.32 bits per heavy atom. The van der Waals surface area contributed by atoms with E-state index in [2.05, 4.69) is 6.92 Å². The molecule has 0 aromatic heterocycles. The van der Waals surface area contributed by atoms with E-state index in [0.717, 1.165) is 36.5 Å². The van der Waals surface area contributed by atoms with E-state index in [1.165, 1.54) is 0 Å². The molecule has 3 rings (SSSR count). The number of hydrogen-bond acceptors (Lipinski definition) is 1. The number of halogens is 3. The van der Waals surface area contributed by atoms with Gasteiger partial charge in [-0.05, 0) is 29.2 Å². The average molecular weight is 306 g/mol. The molecule has 1 atom stereocenters. The first-order chi connectivity index (χ1) is 10.5. The van der Waals surface area contributed by atoms with Crippen LogP contribution in [0.4, 0.5) is 13.2 Å². The van der Waals surface area contributed by atoms with Crippen molar-refractivity contribution in [2.75, 3.05) is 6.61 Å². The molecule has 0 saturated carbocycles. The first kappa shape index (κ1) is 14.9. The summed E-state index contributed by atoms with van der Waals surface area (Å²) in [6.45, 7) is 2.87. The van der Waals surface area contributed by atoms with Crippen LogP contribution >= 0.6 is 0 Å². The molecule has 116 valence electrons. The van der Waals surface area contributed by atoms with Gasteiger partial charge < -0.3 is 4.74 Å². The van der Waals surface area contributed by atoms with Crippen molar-refractivity contribution in [2.24, 2.45) is 5.92 Å². The van der Waals surface area contributed by atoms with Gasteiger partial charge in [-0.15, -0.1) is 0 Å². The van der Waals surface area contributed by atoms with Crippen LogP contribution in [0.1, 0.15) is 26.2 Å². The minimum atomic E-state index is -1.39. The standard InChI is InChI=1S/C18H17F3O/c1-11-2-7-17(22-10-11)13-5-3-12(4-6-13)14-8-15(19)18(21)16(20)9-14/h3-6,8,11H,2,7,9-10H2,1H3. The van der Waals surface area contributed by atoms with Gasteiger partial charge in [0.2, 0.25) is 0 Å². The molecule has 1 aliphatic carbocycles. The molecule has 0 radical (unpaired) electrons. The average Bonchev–Trinajstić information content (AvgIpc) is 2.53. The van der Waals surface area contributed by atoms with Crippen LogP contribution in [-0.4, -0.2) is 6.61 Å². The zero-order chi connectivity index (χ0) is 15.7. The number of allylic oxidation sites excluding steroid dienone is 4. The Labute approximate surface area is 127 Å². The van der Waals surface area contributed by atoms with Crippen LogP contribution in [-0.2, 0) is 4.74 Å². The van der Waals surface area contributed by atoms with Gasteiger partial charge in [0.1, 0.15) is 11.6 Å². The second-order valence-electron chi connectivity index (χ2n) is 5.87. The van der Waals surface area contributed by atoms with Crippen LogP contribution in [0.15, 0.2) is 47.8 Å². The SMILES string of the molecule is CC1CCC(=c2ccc(=C3C=C(F)C(F)=C(F)C3)cc2)OC1. The first-order valence-corrected chi connectivity index (χ1v) is 7.41. The van der Waals surface area contributed by atoms with E-state index < -0.39 is 17.5 Å². The van der Waals surface area contributed by atoms with Gasteiger partial charge >= 0.3 is 0 Å². The summed E-state index contributed by atoms with van der Waals surface area (Å²) in [5, 5.41) is 1.67. The second kappa shape index (κ2) is 6.03. The van der Waals surface area contributed by atoms with Gasteiger partial charge in [0.15, 0.2) is 11.7 Å². The Bertz CT molecular complexity index is 741. The molecular formula is C18H17F3O. The number of ether oxygens (including phenoxy) is 1. The molecule has 1 aromatic carbocycles. The summed E-state index contributed by atoms with van der Waals surface area (Å²) < 4.78 is 45.4. The lowest BCUT2D eigenvalue weighted by Gasteiger charge is -2.21. The summed E-state index contributed by atoms with van der Waals surface area (Å²) in [5.74, 6) is -2.07. The van der Waals surface area contributed by atoms with Gasteiger partial charge in [0.05, 0.1) is 6.61 Å². The molecule has 1 nitrogen and oxygen atoms in total. The van der Waals surface area contributed by atoms with Gasteiger partial charge in [0, 0.05) is 18.1 Å². The quantitative estimate of drug-likeness (QED) is 0.708. The van der Waals surface area contributed by atoms with Crippen molar-refractivity contribution >= 4 is 11.3 Å². The topological polar surface area (TPSA) is 9.23 Å². The molecule has 0 amide bonds. The lowest BCUT2D eigenvalue weighted by atomic mass is 10.0. The van der Waals surface area contributed by atoms with Crippen LogP contribution in [0.3, 0.4) is 0 Å². The van der Waals surface area contributed by atoms with E-state index in [4.69, 9.17) is 4.74 Å². The third-order valence-corrected chi connectivity index (χ3v) is 4.08. The molecule has 0 N–H and O–H groups in total. The summed E-state index contributed by atoms with van der Waals surface area (Å²) in [7, 11) is 0. The summed E-state index contributed by atoms with van der Waals surface area (Å²) in [6.07, 6.45) is 2.83. The molecule has 1 aliphatic heterocycles. The van der Waals surface area contributed by atoms with Crippen LogP contribution < -0.4 is 10.4 Å². The fourth-order valence-corrected chi connectivity index (χ4v) is 2.70. The maximum absolute atomic E-state index is 13.3. The van der Waals surface area contributed by atoms with E-state index in [9.17, 15) is 13.2 Å². The summed E-state index contributed by atoms with van der Waals surface area (Å²) in [5.41, 5.74) is 0.436. The van der Waals surface area contributed by atoms with Crippen LogP contribution in [0, 0.1) is 5.92 Å². The number of rotatable bonds is 0. The van der Waals surface area contributed by atoms with E-state index in [-0.39, 0.29) is 6.42 Å². The second-order valence-corrected chi connectivity index (χ2v) is 5.87. The largest absolute Gasteiger partial charge is 0.497 e. The fraction of sp³-hybridized carbons (Fsp3) is 0.333. The van der Waals surface area contributed by atoms with Crippen molar-refractivity contribution in [2.45, 2.75) is 26.2 Å². The molecule has 4 heteroatoms. The van der Waals surface area contributed by atoms with Crippen molar-refractivity contribution in [1.82, 2.24) is 0 Å². The Morgan fingerprint density at radius 1 is 1.05 bits per heavy atom. The predicted molar refractivity (Wildman–Crippen MR) is 79.9 cm³/mol. The predicted octanol–water partition coefficient (Wildman–Crippen LogP) is 3.80. The molecule has 1 fully saturated rings. The monoisotopic (exact) mass is 306 g/mol. The summed E-state index contributed by atoms with van der Waals surface area (Å²) in [6, 6.07) is 7.34. The number of hydrogen-bond donors (Lipinski definition) is 0. The third kappa shape index (κ3) is 2.96. The normalized spacial score (nSPS) is 22.5. The highest BCUT2D eigenvalue weighted by Gasteiger charge is 2.19. The Morgan fingerprint density at radius 2 is 1.73 bits per heavy atom. The Kier molecular flexibility index (Phi) is 4.10. The first-order valence-electron chi connectivity index (χ1n) is 7.41. The maximum Gasteiger partial charge on any atom is 0.190 e. The molecule has 22 heavy (non-hydrogen) atoms. The van der Waals surface area contributed by atoms with Crippen molar-refractivity contribution in [3.63, 3.8) is 0 Å². The molecule has 1 saturated heterocycles. The van der Waals surface area contributed by atoms with Crippen molar-refractivity contribution < 1.29 is 17.9 Å². The van der Waals surface area contributed by atoms with E-state index in [1.807, 2.05) is 12.1 Å². The summed E-state index contributed by atoms with van der Waals surface area (Å²) in [4.78, 5) is 0. The van der Waals surface area contributed by atoms with E-state index in [0.29, 0.717) is 16.7 Å².